The number of quaternary nitrogens is 1. The number of nitrogens with two attached hydrogens (primary N) is 1. The minimum atomic E-state index is -0.117. The Balaban J connectivity index is 1.66. The Morgan fingerprint density at radius 2 is 2.00 bits per heavy atom. The molecule has 0 fully saturated rings. The van der Waals surface area contributed by atoms with Gasteiger partial charge in [0.05, 0.1) is 10.6 Å². The first kappa shape index (κ1) is 19.3. The number of carbonyl (C=O) groups is 1. The van der Waals surface area contributed by atoms with Crippen molar-refractivity contribution in [1.29, 1.82) is 0 Å². The fraction of sp³-hybridized carbons (Fsp3) is 0.333. The summed E-state index contributed by atoms with van der Waals surface area (Å²) < 4.78 is 5.24. The molecule has 0 saturated carbocycles. The lowest BCUT2D eigenvalue weighted by atomic mass is 9.92. The van der Waals surface area contributed by atoms with E-state index in [1.165, 1.54) is 16.0 Å². The molecule has 1 amide bonds. The maximum atomic E-state index is 12.4. The van der Waals surface area contributed by atoms with Crippen molar-refractivity contribution < 1.29 is 14.6 Å². The monoisotopic (exact) mass is 384 g/mol. The average molecular weight is 385 g/mol. The van der Waals surface area contributed by atoms with Gasteiger partial charge in [-0.05, 0) is 18.4 Å². The van der Waals surface area contributed by atoms with Crippen LogP contribution in [0.1, 0.15) is 48.5 Å². The number of nitrogens with one attached hydrogen (secondary N) is 1. The Morgan fingerprint density at radius 1 is 1.26 bits per heavy atom. The van der Waals surface area contributed by atoms with E-state index in [0.29, 0.717) is 12.4 Å². The molecule has 27 heavy (non-hydrogen) atoms. The summed E-state index contributed by atoms with van der Waals surface area (Å²) in [5.74, 6) is 0.279. The van der Waals surface area contributed by atoms with Gasteiger partial charge < -0.3 is 9.84 Å². The van der Waals surface area contributed by atoms with Crippen LogP contribution in [-0.4, -0.2) is 17.6 Å². The molecule has 5 nitrogen and oxygen atoms in total. The van der Waals surface area contributed by atoms with E-state index in [2.05, 4.69) is 73.9 Å². The minimum absolute atomic E-state index is 0.0937. The molecule has 0 aliphatic rings. The lowest BCUT2D eigenvalue weighted by Crippen LogP contribution is -2.87. The Kier molecular flexibility index (Phi) is 5.77. The maximum absolute atomic E-state index is 12.4. The van der Waals surface area contributed by atoms with Crippen LogP contribution in [-0.2, 0) is 10.2 Å². The van der Waals surface area contributed by atoms with E-state index in [0.717, 1.165) is 5.69 Å². The van der Waals surface area contributed by atoms with Gasteiger partial charge in [0.25, 0.3) is 5.91 Å². The van der Waals surface area contributed by atoms with Gasteiger partial charge in [-0.3, -0.25) is 10.1 Å². The fourth-order valence-corrected chi connectivity index (χ4v) is 3.61. The van der Waals surface area contributed by atoms with Crippen LogP contribution in [0.15, 0.2) is 52.4 Å². The summed E-state index contributed by atoms with van der Waals surface area (Å²) in [5, 5.41) is 10.9. The molecule has 142 valence electrons. The first-order chi connectivity index (χ1) is 12.8. The third-order valence-electron chi connectivity index (χ3n) is 4.37. The van der Waals surface area contributed by atoms with Gasteiger partial charge in [-0.25, -0.2) is 0 Å². The summed E-state index contributed by atoms with van der Waals surface area (Å²) in [6.07, 6.45) is 0. The van der Waals surface area contributed by atoms with Crippen LogP contribution in [0.4, 0.5) is 5.88 Å². The van der Waals surface area contributed by atoms with E-state index in [4.69, 9.17) is 4.52 Å². The second kappa shape index (κ2) is 8.06. The van der Waals surface area contributed by atoms with Gasteiger partial charge in [-0.1, -0.05) is 61.8 Å². The summed E-state index contributed by atoms with van der Waals surface area (Å²) in [6, 6.07) is 14.5. The molecular weight excluding hydrogens is 358 g/mol. The Bertz CT molecular complexity index is 877. The van der Waals surface area contributed by atoms with E-state index < -0.39 is 0 Å². The summed E-state index contributed by atoms with van der Waals surface area (Å²) in [5.41, 5.74) is 3.11. The highest BCUT2D eigenvalue weighted by atomic mass is 32.1. The molecule has 0 unspecified atom stereocenters. The first-order valence-corrected chi connectivity index (χ1v) is 9.91. The van der Waals surface area contributed by atoms with Gasteiger partial charge in [0.2, 0.25) is 5.88 Å². The van der Waals surface area contributed by atoms with Crippen LogP contribution in [0, 0.1) is 6.92 Å². The number of aryl methyl sites for hydroxylation is 1. The fourth-order valence-electron chi connectivity index (χ4n) is 2.76. The molecule has 6 heteroatoms. The van der Waals surface area contributed by atoms with Crippen LogP contribution < -0.4 is 10.6 Å². The normalized spacial score (nSPS) is 12.7. The molecule has 3 N–H and O–H groups in total. The number of benzene rings is 1. The zero-order chi connectivity index (χ0) is 19.4. The van der Waals surface area contributed by atoms with Gasteiger partial charge in [-0.2, -0.15) is 0 Å². The number of hydrogen-bond acceptors (Lipinski definition) is 4. The number of nitrogens with zero attached hydrogens (tertiary/aromatic N) is 1. The van der Waals surface area contributed by atoms with Gasteiger partial charge in [0.1, 0.15) is 6.04 Å². The van der Waals surface area contributed by atoms with E-state index >= 15 is 0 Å². The van der Waals surface area contributed by atoms with Crippen molar-refractivity contribution in [1.82, 2.24) is 5.16 Å². The van der Waals surface area contributed by atoms with Crippen LogP contribution in [0.5, 0.6) is 0 Å². The molecule has 0 radical (unpaired) electrons. The zero-order valence-electron chi connectivity index (χ0n) is 16.2. The standard InChI is InChI=1S/C21H25N3O2S/c1-14-7-9-15(10-8-14)20(16-6-5-11-27-16)22-13-18(25)23-19-12-17(24-26-19)21(2,3)4/h5-12,20,22H,13H2,1-4H3,(H,23,25)/p+1/t20-/m1/s1. The van der Waals surface area contributed by atoms with E-state index in [1.807, 2.05) is 11.4 Å². The average Bonchev–Trinajstić information content (AvgIpc) is 3.28. The largest absolute Gasteiger partial charge is 0.338 e. The van der Waals surface area contributed by atoms with Crippen molar-refractivity contribution >= 4 is 23.1 Å². The molecule has 0 aliphatic carbocycles. The van der Waals surface area contributed by atoms with Crippen molar-refractivity contribution in [2.75, 3.05) is 11.9 Å². The molecule has 1 aromatic carbocycles. The predicted molar refractivity (Wildman–Crippen MR) is 108 cm³/mol. The lowest BCUT2D eigenvalue weighted by molar-refractivity contribution is -0.675. The number of aromatic nitrogens is 1. The zero-order valence-corrected chi connectivity index (χ0v) is 17.0. The highest BCUT2D eigenvalue weighted by Crippen LogP contribution is 2.24. The Hall–Kier alpha value is -2.44. The molecule has 1 atom stereocenters. The summed E-state index contributed by atoms with van der Waals surface area (Å²) in [4.78, 5) is 13.6. The first-order valence-electron chi connectivity index (χ1n) is 9.03. The van der Waals surface area contributed by atoms with Crippen molar-refractivity contribution in [2.45, 2.75) is 39.2 Å². The second-order valence-electron chi connectivity index (χ2n) is 7.72. The second-order valence-corrected chi connectivity index (χ2v) is 8.70. The van der Waals surface area contributed by atoms with Crippen LogP contribution >= 0.6 is 11.3 Å². The maximum Gasteiger partial charge on any atom is 0.281 e. The number of hydrogen-bond donors (Lipinski definition) is 2. The van der Waals surface area contributed by atoms with E-state index in [1.54, 1.807) is 17.4 Å². The molecule has 3 rings (SSSR count). The number of anilines is 1. The Labute approximate surface area is 163 Å². The Morgan fingerprint density at radius 3 is 2.59 bits per heavy atom. The minimum Gasteiger partial charge on any atom is -0.338 e. The quantitative estimate of drug-likeness (QED) is 0.682. The van der Waals surface area contributed by atoms with Gasteiger partial charge in [0, 0.05) is 17.0 Å². The summed E-state index contributed by atoms with van der Waals surface area (Å²) in [6.45, 7) is 8.53. The third kappa shape index (κ3) is 5.05. The van der Waals surface area contributed by atoms with E-state index in [9.17, 15) is 4.79 Å². The van der Waals surface area contributed by atoms with Crippen molar-refractivity contribution in [3.8, 4) is 0 Å². The van der Waals surface area contributed by atoms with Crippen LogP contribution in [0.2, 0.25) is 0 Å². The topological polar surface area (TPSA) is 71.7 Å². The highest BCUT2D eigenvalue weighted by Gasteiger charge is 2.22. The summed E-state index contributed by atoms with van der Waals surface area (Å²) in [7, 11) is 0. The highest BCUT2D eigenvalue weighted by molar-refractivity contribution is 7.10. The van der Waals surface area contributed by atoms with Gasteiger partial charge in [0.15, 0.2) is 6.54 Å². The molecule has 0 aliphatic heterocycles. The van der Waals surface area contributed by atoms with Crippen molar-refractivity contribution in [2.24, 2.45) is 0 Å². The molecule has 2 aromatic heterocycles. The molecule has 3 aromatic rings. The smallest absolute Gasteiger partial charge is 0.281 e. The number of rotatable bonds is 6. The predicted octanol–water partition coefficient (Wildman–Crippen LogP) is 3.63. The molecular formula is C21H26N3O2S+. The number of amides is 1. The SMILES string of the molecule is Cc1ccc([C@@H]([NH2+]CC(=O)Nc2cc(C(C)(C)C)no2)c2cccs2)cc1. The van der Waals surface area contributed by atoms with E-state index in [-0.39, 0.29) is 17.4 Å². The third-order valence-corrected chi connectivity index (χ3v) is 5.32. The van der Waals surface area contributed by atoms with Crippen LogP contribution in [0.3, 0.4) is 0 Å². The van der Waals surface area contributed by atoms with Gasteiger partial charge in [-0.15, -0.1) is 11.3 Å². The molecule has 0 saturated heterocycles. The van der Waals surface area contributed by atoms with Crippen LogP contribution in [0.25, 0.3) is 0 Å². The molecule has 0 bridgehead atoms. The number of thiophene rings is 1. The molecule has 0 spiro atoms. The lowest BCUT2D eigenvalue weighted by Gasteiger charge is -2.14. The summed E-state index contributed by atoms with van der Waals surface area (Å²) >= 11 is 1.70. The molecule has 2 heterocycles. The van der Waals surface area contributed by atoms with Crippen molar-refractivity contribution in [3.63, 3.8) is 0 Å². The van der Waals surface area contributed by atoms with Crippen molar-refractivity contribution in [3.05, 3.63) is 69.5 Å². The van der Waals surface area contributed by atoms with Gasteiger partial charge >= 0.3 is 0 Å². The number of carbonyl (C=O) groups excluding carboxylic acids is 1.